The number of hydrogen-bond acceptors (Lipinski definition) is 5. The number of carbonyl (C=O) groups excluding carboxylic acids is 1. The molecule has 206 valence electrons. The van der Waals surface area contributed by atoms with Gasteiger partial charge in [-0.3, -0.25) is 4.79 Å². The average Bonchev–Trinajstić information content (AvgIpc) is 3.39. The third kappa shape index (κ3) is 5.20. The number of aromatic nitrogens is 2. The van der Waals surface area contributed by atoms with Gasteiger partial charge in [0.05, 0.1) is 23.9 Å². The highest BCUT2D eigenvalue weighted by molar-refractivity contribution is 5.77. The van der Waals surface area contributed by atoms with Crippen LogP contribution in [0.2, 0.25) is 0 Å². The normalized spacial score (nSPS) is 19.4. The van der Waals surface area contributed by atoms with Crippen LogP contribution in [0.3, 0.4) is 0 Å². The van der Waals surface area contributed by atoms with E-state index in [2.05, 4.69) is 18.9 Å². The zero-order valence-electron chi connectivity index (χ0n) is 23.0. The van der Waals surface area contributed by atoms with Gasteiger partial charge >= 0.3 is 5.97 Å². The molecule has 6 nitrogen and oxygen atoms in total. The molecule has 0 unspecified atom stereocenters. The third-order valence-electron chi connectivity index (χ3n) is 7.74. The van der Waals surface area contributed by atoms with Crippen molar-refractivity contribution in [1.29, 1.82) is 0 Å². The van der Waals surface area contributed by atoms with Crippen LogP contribution in [0.25, 0.3) is 5.69 Å². The van der Waals surface area contributed by atoms with Crippen molar-refractivity contribution >= 4 is 5.97 Å². The fourth-order valence-electron chi connectivity index (χ4n) is 5.47. The van der Waals surface area contributed by atoms with E-state index in [0.717, 1.165) is 28.9 Å². The summed E-state index contributed by atoms with van der Waals surface area (Å²) >= 11 is 0. The van der Waals surface area contributed by atoms with Crippen molar-refractivity contribution < 1.29 is 23.4 Å². The number of ether oxygens (including phenoxy) is 3. The van der Waals surface area contributed by atoms with Crippen LogP contribution < -0.4 is 9.47 Å². The van der Waals surface area contributed by atoms with Gasteiger partial charge < -0.3 is 14.2 Å². The SMILES string of the molecule is CCOC(=O)[C@H]1C[C@@H]1c1ccc(O[C@@H]2CCc3c(Oc4ccc(-n5ccc(C(C)C)n5)cc4)ccc(F)c32)cc1. The molecule has 4 aromatic rings. The first-order chi connectivity index (χ1) is 19.4. The number of halogens is 1. The van der Waals surface area contributed by atoms with Gasteiger partial charge in [-0.1, -0.05) is 26.0 Å². The average molecular weight is 541 g/mol. The number of hydrogen-bond donors (Lipinski definition) is 0. The molecule has 0 bridgehead atoms. The fourth-order valence-corrected chi connectivity index (χ4v) is 5.47. The summed E-state index contributed by atoms with van der Waals surface area (Å²) in [5.74, 6) is 2.09. The van der Waals surface area contributed by atoms with E-state index in [0.29, 0.717) is 48.2 Å². The Labute approximate surface area is 233 Å². The molecule has 3 aromatic carbocycles. The molecule has 2 aliphatic rings. The Morgan fingerprint density at radius 1 is 1.02 bits per heavy atom. The van der Waals surface area contributed by atoms with Gasteiger partial charge in [0.1, 0.15) is 29.2 Å². The second kappa shape index (κ2) is 10.8. The summed E-state index contributed by atoms with van der Waals surface area (Å²) in [6, 6.07) is 20.7. The van der Waals surface area contributed by atoms with Crippen LogP contribution in [-0.4, -0.2) is 22.4 Å². The third-order valence-corrected chi connectivity index (χ3v) is 7.74. The summed E-state index contributed by atoms with van der Waals surface area (Å²) in [6.07, 6.45) is 3.71. The van der Waals surface area contributed by atoms with Gasteiger partial charge in [-0.2, -0.15) is 5.10 Å². The van der Waals surface area contributed by atoms with Gasteiger partial charge in [-0.25, -0.2) is 9.07 Å². The van der Waals surface area contributed by atoms with Crippen LogP contribution in [0.5, 0.6) is 17.2 Å². The molecule has 6 rings (SSSR count). The van der Waals surface area contributed by atoms with Crippen LogP contribution in [-0.2, 0) is 16.0 Å². The lowest BCUT2D eigenvalue weighted by Gasteiger charge is -2.17. The molecule has 40 heavy (non-hydrogen) atoms. The molecule has 1 heterocycles. The van der Waals surface area contributed by atoms with Gasteiger partial charge in [-0.05, 0) is 98.2 Å². The first-order valence-electron chi connectivity index (χ1n) is 14.0. The van der Waals surface area contributed by atoms with Gasteiger partial charge in [-0.15, -0.1) is 0 Å². The van der Waals surface area contributed by atoms with Crippen molar-refractivity contribution in [3.05, 3.63) is 101 Å². The lowest BCUT2D eigenvalue weighted by Crippen LogP contribution is -2.07. The summed E-state index contributed by atoms with van der Waals surface area (Å²) in [4.78, 5) is 12.0. The molecule has 7 heteroatoms. The van der Waals surface area contributed by atoms with Crippen molar-refractivity contribution in [3.63, 3.8) is 0 Å². The molecule has 1 aromatic heterocycles. The van der Waals surface area contributed by atoms with Crippen LogP contribution in [0.15, 0.2) is 72.9 Å². The van der Waals surface area contributed by atoms with Gasteiger partial charge in [0.15, 0.2) is 0 Å². The van der Waals surface area contributed by atoms with Crippen LogP contribution in [0.4, 0.5) is 4.39 Å². The van der Waals surface area contributed by atoms with Crippen molar-refractivity contribution in [2.24, 2.45) is 5.92 Å². The quantitative estimate of drug-likeness (QED) is 0.204. The summed E-state index contributed by atoms with van der Waals surface area (Å²) in [5.41, 5.74) is 4.48. The van der Waals surface area contributed by atoms with Crippen LogP contribution in [0, 0.1) is 11.7 Å². The van der Waals surface area contributed by atoms with E-state index in [1.54, 1.807) is 6.07 Å². The minimum atomic E-state index is -0.394. The molecule has 0 amide bonds. The Morgan fingerprint density at radius 2 is 1.77 bits per heavy atom. The van der Waals surface area contributed by atoms with E-state index in [4.69, 9.17) is 14.2 Å². The van der Waals surface area contributed by atoms with Gasteiger partial charge in [0.2, 0.25) is 0 Å². The number of carbonyl (C=O) groups is 1. The summed E-state index contributed by atoms with van der Waals surface area (Å²) < 4.78 is 34.5. The minimum absolute atomic E-state index is 0.0551. The van der Waals surface area contributed by atoms with Crippen LogP contribution >= 0.6 is 0 Å². The standard InChI is InChI=1S/C33H33FN2O4/c1-4-38-33(37)27-19-26(27)21-5-9-23(10-6-21)40-31-15-13-25-30(16-14-28(34)32(25)31)39-24-11-7-22(8-12-24)36-18-17-29(35-36)20(2)3/h5-12,14,16-18,20,26-27,31H,4,13,15,19H2,1-3H3/t26-,27+,31-/m1/s1. The number of rotatable bonds is 9. The Kier molecular flexibility index (Phi) is 7.05. The summed E-state index contributed by atoms with van der Waals surface area (Å²) in [7, 11) is 0. The topological polar surface area (TPSA) is 62.6 Å². The molecule has 0 N–H and O–H groups in total. The van der Waals surface area contributed by atoms with Gasteiger partial charge in [0.25, 0.3) is 0 Å². The molecular weight excluding hydrogens is 507 g/mol. The number of nitrogens with zero attached hydrogens (tertiary/aromatic N) is 2. The van der Waals surface area contributed by atoms with Crippen molar-refractivity contribution in [2.75, 3.05) is 6.61 Å². The fraction of sp³-hybridized carbons (Fsp3) is 0.333. The Hall–Kier alpha value is -4.13. The molecule has 0 spiro atoms. The van der Waals surface area contributed by atoms with E-state index < -0.39 is 6.10 Å². The maximum Gasteiger partial charge on any atom is 0.309 e. The molecule has 3 atom stereocenters. The highest BCUT2D eigenvalue weighted by Gasteiger charge is 2.45. The first kappa shape index (κ1) is 26.1. The number of fused-ring (bicyclic) bond motifs is 1. The summed E-state index contributed by atoms with van der Waals surface area (Å²) in [6.45, 7) is 6.46. The molecule has 2 aliphatic carbocycles. The van der Waals surface area contributed by atoms with Crippen molar-refractivity contribution in [1.82, 2.24) is 9.78 Å². The first-order valence-corrected chi connectivity index (χ1v) is 14.0. The maximum atomic E-state index is 15.0. The van der Waals surface area contributed by atoms with Crippen molar-refractivity contribution in [2.45, 2.75) is 58.0 Å². The molecule has 1 fully saturated rings. The zero-order valence-corrected chi connectivity index (χ0v) is 23.0. The van der Waals surface area contributed by atoms with E-state index in [-0.39, 0.29) is 23.6 Å². The largest absolute Gasteiger partial charge is 0.486 e. The van der Waals surface area contributed by atoms with Gasteiger partial charge in [0, 0.05) is 17.3 Å². The summed E-state index contributed by atoms with van der Waals surface area (Å²) in [5, 5.41) is 4.63. The van der Waals surface area contributed by atoms with E-state index >= 15 is 4.39 Å². The molecule has 0 aliphatic heterocycles. The van der Waals surface area contributed by atoms with Crippen LogP contribution in [0.1, 0.15) is 73.9 Å². The number of benzene rings is 3. The zero-order chi connectivity index (χ0) is 27.8. The van der Waals surface area contributed by atoms with E-state index in [1.165, 1.54) is 6.07 Å². The van der Waals surface area contributed by atoms with Crippen molar-refractivity contribution in [3.8, 4) is 22.9 Å². The maximum absolute atomic E-state index is 15.0. The van der Waals surface area contributed by atoms with E-state index in [1.807, 2.05) is 72.4 Å². The second-order valence-corrected chi connectivity index (χ2v) is 10.8. The van der Waals surface area contributed by atoms with E-state index in [9.17, 15) is 4.79 Å². The Morgan fingerprint density at radius 3 is 2.48 bits per heavy atom. The smallest absolute Gasteiger partial charge is 0.309 e. The highest BCUT2D eigenvalue weighted by Crippen LogP contribution is 2.49. The Balaban J connectivity index is 1.13. The molecular formula is C33H33FN2O4. The monoisotopic (exact) mass is 540 g/mol. The predicted octanol–water partition coefficient (Wildman–Crippen LogP) is 7.66. The lowest BCUT2D eigenvalue weighted by atomic mass is 10.1. The molecule has 0 radical (unpaired) electrons. The lowest BCUT2D eigenvalue weighted by molar-refractivity contribution is -0.144. The molecule has 1 saturated carbocycles. The second-order valence-electron chi connectivity index (χ2n) is 10.8. The number of esters is 1. The highest BCUT2D eigenvalue weighted by atomic mass is 19.1. The minimum Gasteiger partial charge on any atom is -0.486 e. The molecule has 0 saturated heterocycles. The Bertz CT molecular complexity index is 1510. The predicted molar refractivity (Wildman–Crippen MR) is 150 cm³/mol.